The molecule has 1 amide bonds. The van der Waals surface area contributed by atoms with E-state index in [1.54, 1.807) is 30.3 Å². The lowest BCUT2D eigenvalue weighted by Gasteiger charge is -2.11. The molecule has 0 fully saturated rings. The van der Waals surface area contributed by atoms with Crippen molar-refractivity contribution in [2.75, 3.05) is 18.4 Å². The minimum absolute atomic E-state index is 0.0194. The van der Waals surface area contributed by atoms with Crippen molar-refractivity contribution >= 4 is 37.5 Å². The van der Waals surface area contributed by atoms with E-state index in [0.29, 0.717) is 33.9 Å². The van der Waals surface area contributed by atoms with E-state index in [0.717, 1.165) is 6.42 Å². The third-order valence-electron chi connectivity index (χ3n) is 3.82. The Morgan fingerprint density at radius 3 is 2.56 bits per heavy atom. The first kappa shape index (κ1) is 21.2. The Hall–Kier alpha value is -2.06. The Labute approximate surface area is 168 Å². The molecule has 146 valence electrons. The molecule has 0 radical (unpaired) electrons. The number of benzene rings is 2. The number of hydrogen-bond acceptors (Lipinski definition) is 4. The number of ether oxygens (including phenoxy) is 1. The highest BCUT2D eigenvalue weighted by atomic mass is 79.9. The van der Waals surface area contributed by atoms with E-state index in [4.69, 9.17) is 4.74 Å². The zero-order chi connectivity index (χ0) is 20.0. The largest absolute Gasteiger partial charge is 0.496 e. The standard InChI is InChI=1S/C19H23BrN2O4S/c1-13(2)9-10-21-19(23)14-5-4-6-16(11-14)27(24,25)22-15-7-8-18(26-3)17(20)12-15/h4-8,11-13,22H,9-10H2,1-3H3,(H,21,23). The third-order valence-corrected chi connectivity index (χ3v) is 5.82. The molecule has 8 heteroatoms. The smallest absolute Gasteiger partial charge is 0.261 e. The SMILES string of the molecule is COc1ccc(NS(=O)(=O)c2cccc(C(=O)NCCC(C)C)c2)cc1Br. The van der Waals surface area contributed by atoms with Gasteiger partial charge in [0.15, 0.2) is 0 Å². The van der Waals surface area contributed by atoms with Gasteiger partial charge in [-0.2, -0.15) is 0 Å². The first-order valence-corrected chi connectivity index (χ1v) is 10.7. The third kappa shape index (κ3) is 5.97. The van der Waals surface area contributed by atoms with Gasteiger partial charge in [-0.3, -0.25) is 9.52 Å². The fourth-order valence-corrected chi connectivity index (χ4v) is 3.96. The van der Waals surface area contributed by atoms with Gasteiger partial charge < -0.3 is 10.1 Å². The number of sulfonamides is 1. The lowest BCUT2D eigenvalue weighted by Crippen LogP contribution is -2.25. The van der Waals surface area contributed by atoms with E-state index in [1.807, 2.05) is 0 Å². The van der Waals surface area contributed by atoms with Crippen molar-refractivity contribution < 1.29 is 17.9 Å². The van der Waals surface area contributed by atoms with Crippen molar-refractivity contribution in [1.82, 2.24) is 5.32 Å². The van der Waals surface area contributed by atoms with E-state index in [2.05, 4.69) is 39.8 Å². The molecule has 0 aromatic heterocycles. The van der Waals surface area contributed by atoms with Gasteiger partial charge >= 0.3 is 0 Å². The molecule has 0 spiro atoms. The second kappa shape index (κ2) is 9.23. The summed E-state index contributed by atoms with van der Waals surface area (Å²) in [6, 6.07) is 10.8. The fraction of sp³-hybridized carbons (Fsp3) is 0.316. The van der Waals surface area contributed by atoms with E-state index < -0.39 is 10.0 Å². The number of halogens is 1. The van der Waals surface area contributed by atoms with Crippen LogP contribution in [-0.4, -0.2) is 28.0 Å². The summed E-state index contributed by atoms with van der Waals surface area (Å²) in [6.07, 6.45) is 0.859. The molecule has 0 aliphatic heterocycles. The molecular weight excluding hydrogens is 432 g/mol. The molecule has 2 aromatic carbocycles. The van der Waals surface area contributed by atoms with Gasteiger partial charge in [0.2, 0.25) is 0 Å². The number of rotatable bonds is 8. The predicted molar refractivity (Wildman–Crippen MR) is 110 cm³/mol. The molecule has 0 unspecified atom stereocenters. The van der Waals surface area contributed by atoms with Crippen molar-refractivity contribution in [1.29, 1.82) is 0 Å². The molecule has 2 N–H and O–H groups in total. The van der Waals surface area contributed by atoms with Crippen molar-refractivity contribution in [2.24, 2.45) is 5.92 Å². The van der Waals surface area contributed by atoms with Crippen LogP contribution in [-0.2, 0) is 10.0 Å². The Kier molecular flexibility index (Phi) is 7.26. The van der Waals surface area contributed by atoms with Crippen LogP contribution in [0.25, 0.3) is 0 Å². The number of carbonyl (C=O) groups excluding carboxylic acids is 1. The molecule has 0 bridgehead atoms. The summed E-state index contributed by atoms with van der Waals surface area (Å²) < 4.78 is 33.6. The summed E-state index contributed by atoms with van der Waals surface area (Å²) in [5, 5.41) is 2.80. The average molecular weight is 455 g/mol. The molecule has 0 aliphatic rings. The molecule has 0 atom stereocenters. The highest BCUT2D eigenvalue weighted by Crippen LogP contribution is 2.29. The van der Waals surface area contributed by atoms with Crippen LogP contribution in [0.3, 0.4) is 0 Å². The van der Waals surface area contributed by atoms with Crippen molar-refractivity contribution in [3.8, 4) is 5.75 Å². The maximum atomic E-state index is 12.7. The van der Waals surface area contributed by atoms with Crippen molar-refractivity contribution in [2.45, 2.75) is 25.2 Å². The number of hydrogen-bond donors (Lipinski definition) is 2. The van der Waals surface area contributed by atoms with Gasteiger partial charge in [0.1, 0.15) is 5.75 Å². The van der Waals surface area contributed by atoms with E-state index in [-0.39, 0.29) is 10.8 Å². The van der Waals surface area contributed by atoms with Gasteiger partial charge in [-0.05, 0) is 64.7 Å². The Morgan fingerprint density at radius 1 is 1.19 bits per heavy atom. The summed E-state index contributed by atoms with van der Waals surface area (Å²) in [7, 11) is -2.30. The van der Waals surface area contributed by atoms with Crippen LogP contribution >= 0.6 is 15.9 Å². The highest BCUT2D eigenvalue weighted by Gasteiger charge is 2.17. The predicted octanol–water partition coefficient (Wildman–Crippen LogP) is 4.03. The summed E-state index contributed by atoms with van der Waals surface area (Å²) >= 11 is 3.32. The average Bonchev–Trinajstić information content (AvgIpc) is 2.61. The first-order valence-electron chi connectivity index (χ1n) is 8.47. The Bertz CT molecular complexity index is 914. The monoisotopic (exact) mass is 454 g/mol. The zero-order valence-corrected chi connectivity index (χ0v) is 17.9. The van der Waals surface area contributed by atoms with Crippen LogP contribution in [0.1, 0.15) is 30.6 Å². The number of anilines is 1. The number of methoxy groups -OCH3 is 1. The van der Waals surface area contributed by atoms with Gasteiger partial charge in [0, 0.05) is 12.1 Å². The second-order valence-electron chi connectivity index (χ2n) is 6.42. The minimum Gasteiger partial charge on any atom is -0.496 e. The van der Waals surface area contributed by atoms with Gasteiger partial charge in [0.05, 0.1) is 22.2 Å². The lowest BCUT2D eigenvalue weighted by molar-refractivity contribution is 0.0952. The number of nitrogens with one attached hydrogen (secondary N) is 2. The first-order chi connectivity index (χ1) is 12.7. The van der Waals surface area contributed by atoms with Crippen LogP contribution in [0.4, 0.5) is 5.69 Å². The van der Waals surface area contributed by atoms with E-state index in [9.17, 15) is 13.2 Å². The van der Waals surface area contributed by atoms with Gasteiger partial charge in [-0.1, -0.05) is 19.9 Å². The minimum atomic E-state index is -3.83. The lowest BCUT2D eigenvalue weighted by atomic mass is 10.1. The topological polar surface area (TPSA) is 84.5 Å². The van der Waals surface area contributed by atoms with Crippen molar-refractivity contribution in [3.63, 3.8) is 0 Å². The Morgan fingerprint density at radius 2 is 1.93 bits per heavy atom. The van der Waals surface area contributed by atoms with Crippen LogP contribution in [0, 0.1) is 5.92 Å². The van der Waals surface area contributed by atoms with Gasteiger partial charge in [-0.25, -0.2) is 8.42 Å². The molecule has 0 heterocycles. The molecule has 0 aliphatic carbocycles. The molecular formula is C19H23BrN2O4S. The van der Waals surface area contributed by atoms with Crippen LogP contribution in [0.2, 0.25) is 0 Å². The quantitative estimate of drug-likeness (QED) is 0.630. The normalized spacial score (nSPS) is 11.3. The molecule has 6 nitrogen and oxygen atoms in total. The van der Waals surface area contributed by atoms with E-state index >= 15 is 0 Å². The highest BCUT2D eigenvalue weighted by molar-refractivity contribution is 9.10. The Balaban J connectivity index is 2.16. The van der Waals surface area contributed by atoms with Crippen LogP contribution < -0.4 is 14.8 Å². The maximum Gasteiger partial charge on any atom is 0.261 e. The number of amides is 1. The maximum absolute atomic E-state index is 12.7. The summed E-state index contributed by atoms with van der Waals surface area (Å²) in [4.78, 5) is 12.3. The zero-order valence-electron chi connectivity index (χ0n) is 15.5. The van der Waals surface area contributed by atoms with Gasteiger partial charge in [-0.15, -0.1) is 0 Å². The summed E-state index contributed by atoms with van der Waals surface area (Å²) in [6.45, 7) is 4.69. The molecule has 0 saturated heterocycles. The van der Waals surface area contributed by atoms with E-state index in [1.165, 1.54) is 19.2 Å². The van der Waals surface area contributed by atoms with Crippen LogP contribution in [0.15, 0.2) is 51.8 Å². The molecule has 2 rings (SSSR count). The second-order valence-corrected chi connectivity index (χ2v) is 8.96. The summed E-state index contributed by atoms with van der Waals surface area (Å²) in [5.41, 5.74) is 0.687. The van der Waals surface area contributed by atoms with Crippen molar-refractivity contribution in [3.05, 3.63) is 52.5 Å². The molecule has 0 saturated carbocycles. The molecule has 2 aromatic rings. The molecule has 27 heavy (non-hydrogen) atoms. The number of carbonyl (C=O) groups is 1. The van der Waals surface area contributed by atoms with Crippen LogP contribution in [0.5, 0.6) is 5.75 Å². The van der Waals surface area contributed by atoms with Gasteiger partial charge in [0.25, 0.3) is 15.9 Å². The summed E-state index contributed by atoms with van der Waals surface area (Å²) in [5.74, 6) is 0.780. The fourth-order valence-electron chi connectivity index (χ4n) is 2.32.